The smallest absolute Gasteiger partial charge is 0.348 e. The number of nitrogens with one attached hydrogen (secondary N) is 1. The molecule has 1 heterocycles. The third-order valence-electron chi connectivity index (χ3n) is 3.95. The van der Waals surface area contributed by atoms with E-state index in [1.54, 1.807) is 32.1 Å². The molecular formula is C22H24N2O5S. The Kier molecular flexibility index (Phi) is 8.44. The Morgan fingerprint density at radius 2 is 1.83 bits per heavy atom. The highest BCUT2D eigenvalue weighted by Crippen LogP contribution is 2.33. The zero-order valence-corrected chi connectivity index (χ0v) is 18.2. The van der Waals surface area contributed by atoms with Crippen LogP contribution in [-0.4, -0.2) is 31.7 Å². The molecule has 0 unspecified atom stereocenters. The minimum atomic E-state index is -0.509. The monoisotopic (exact) mass is 428 g/mol. The molecule has 0 saturated heterocycles. The SMILES string of the molecule is CCOC(=O)c1sc(NC(=O)/C=C/c2ccc(OCC)c(OCC)c2)c(C#N)c1C. The van der Waals surface area contributed by atoms with Crippen molar-refractivity contribution in [1.29, 1.82) is 5.26 Å². The summed E-state index contributed by atoms with van der Waals surface area (Å²) in [7, 11) is 0. The molecule has 0 bridgehead atoms. The standard InChI is InChI=1S/C22H24N2O5S/c1-5-27-17-10-8-15(12-18(17)28-6-2)9-11-19(25)24-21-16(13-23)14(4)20(30-21)22(26)29-7-3/h8-12H,5-7H2,1-4H3,(H,24,25)/b11-9+. The van der Waals surface area contributed by atoms with Crippen molar-refractivity contribution >= 4 is 34.3 Å². The van der Waals surface area contributed by atoms with Gasteiger partial charge in [0.1, 0.15) is 15.9 Å². The van der Waals surface area contributed by atoms with Crippen LogP contribution in [0.25, 0.3) is 6.08 Å². The van der Waals surface area contributed by atoms with Crippen LogP contribution in [0.2, 0.25) is 0 Å². The van der Waals surface area contributed by atoms with Gasteiger partial charge in [-0.1, -0.05) is 6.07 Å². The lowest BCUT2D eigenvalue weighted by atomic mass is 10.1. The number of anilines is 1. The van der Waals surface area contributed by atoms with E-state index in [2.05, 4.69) is 5.32 Å². The molecule has 1 N–H and O–H groups in total. The van der Waals surface area contributed by atoms with E-state index in [-0.39, 0.29) is 12.2 Å². The molecule has 158 valence electrons. The summed E-state index contributed by atoms with van der Waals surface area (Å²) in [5.74, 6) is 0.308. The van der Waals surface area contributed by atoms with Crippen LogP contribution in [0.1, 0.15) is 47.1 Å². The van der Waals surface area contributed by atoms with Crippen molar-refractivity contribution in [1.82, 2.24) is 0 Å². The molecular weight excluding hydrogens is 404 g/mol. The maximum Gasteiger partial charge on any atom is 0.348 e. The van der Waals surface area contributed by atoms with Gasteiger partial charge in [0.25, 0.3) is 0 Å². The van der Waals surface area contributed by atoms with Crippen LogP contribution in [0.5, 0.6) is 11.5 Å². The number of carbonyl (C=O) groups excluding carboxylic acids is 2. The molecule has 0 aliphatic rings. The van der Waals surface area contributed by atoms with E-state index >= 15 is 0 Å². The first-order valence-corrected chi connectivity index (χ1v) is 10.4. The van der Waals surface area contributed by atoms with Gasteiger partial charge < -0.3 is 19.5 Å². The minimum Gasteiger partial charge on any atom is -0.490 e. The average Bonchev–Trinajstić information content (AvgIpc) is 3.03. The van der Waals surface area contributed by atoms with Crippen LogP contribution in [0.4, 0.5) is 5.00 Å². The Morgan fingerprint density at radius 3 is 2.47 bits per heavy atom. The number of benzene rings is 1. The number of nitriles is 1. The van der Waals surface area contributed by atoms with Crippen LogP contribution < -0.4 is 14.8 Å². The fourth-order valence-corrected chi connectivity index (χ4v) is 3.68. The Hall–Kier alpha value is -3.31. The summed E-state index contributed by atoms with van der Waals surface area (Å²) < 4.78 is 16.1. The first-order valence-electron chi connectivity index (χ1n) is 9.54. The molecule has 0 fully saturated rings. The van der Waals surface area contributed by atoms with Crippen LogP contribution in [0.3, 0.4) is 0 Å². The van der Waals surface area contributed by atoms with Gasteiger partial charge in [-0.2, -0.15) is 5.26 Å². The number of esters is 1. The summed E-state index contributed by atoms with van der Waals surface area (Å²) >= 11 is 1.03. The second kappa shape index (κ2) is 11.0. The van der Waals surface area contributed by atoms with Crippen molar-refractivity contribution in [2.24, 2.45) is 0 Å². The first-order chi connectivity index (χ1) is 14.4. The largest absolute Gasteiger partial charge is 0.490 e. The second-order valence-electron chi connectivity index (χ2n) is 5.99. The molecule has 0 saturated carbocycles. The lowest BCUT2D eigenvalue weighted by Crippen LogP contribution is -2.07. The van der Waals surface area contributed by atoms with Gasteiger partial charge >= 0.3 is 5.97 Å². The Bertz CT molecular complexity index is 988. The van der Waals surface area contributed by atoms with Gasteiger partial charge in [-0.25, -0.2) is 4.79 Å². The number of rotatable bonds is 9. The van der Waals surface area contributed by atoms with E-state index in [1.165, 1.54) is 6.08 Å². The molecule has 1 amide bonds. The van der Waals surface area contributed by atoms with Crippen molar-refractivity contribution in [2.45, 2.75) is 27.7 Å². The fraction of sp³-hybridized carbons (Fsp3) is 0.318. The number of thiophene rings is 1. The van der Waals surface area contributed by atoms with E-state index < -0.39 is 11.9 Å². The van der Waals surface area contributed by atoms with Crippen molar-refractivity contribution < 1.29 is 23.8 Å². The highest BCUT2D eigenvalue weighted by Gasteiger charge is 2.21. The van der Waals surface area contributed by atoms with Gasteiger partial charge in [-0.15, -0.1) is 11.3 Å². The van der Waals surface area contributed by atoms with E-state index in [1.807, 2.05) is 26.0 Å². The van der Waals surface area contributed by atoms with E-state index in [0.717, 1.165) is 16.9 Å². The first kappa shape index (κ1) is 23.0. The second-order valence-corrected chi connectivity index (χ2v) is 7.01. The summed E-state index contributed by atoms with van der Waals surface area (Å²) in [5, 5.41) is 12.4. The molecule has 0 atom stereocenters. The van der Waals surface area contributed by atoms with Gasteiger partial charge in [0.15, 0.2) is 11.5 Å². The van der Waals surface area contributed by atoms with Gasteiger partial charge in [-0.3, -0.25) is 4.79 Å². The molecule has 0 radical (unpaired) electrons. The van der Waals surface area contributed by atoms with E-state index in [9.17, 15) is 14.9 Å². The molecule has 0 aliphatic carbocycles. The molecule has 1 aromatic carbocycles. The molecule has 0 spiro atoms. The normalized spacial score (nSPS) is 10.5. The van der Waals surface area contributed by atoms with Crippen LogP contribution in [0, 0.1) is 18.3 Å². The summed E-state index contributed by atoms with van der Waals surface area (Å²) in [6, 6.07) is 7.42. The number of hydrogen-bond donors (Lipinski definition) is 1. The lowest BCUT2D eigenvalue weighted by Gasteiger charge is -2.11. The Balaban J connectivity index is 2.18. The molecule has 1 aromatic heterocycles. The number of amides is 1. The predicted octanol–water partition coefficient (Wildman–Crippen LogP) is 4.55. The summed E-state index contributed by atoms with van der Waals surface area (Å²) in [5.41, 5.74) is 1.50. The van der Waals surface area contributed by atoms with Crippen molar-refractivity contribution in [2.75, 3.05) is 25.1 Å². The highest BCUT2D eigenvalue weighted by molar-refractivity contribution is 7.18. The summed E-state index contributed by atoms with van der Waals surface area (Å²) in [4.78, 5) is 24.7. The van der Waals surface area contributed by atoms with Crippen molar-refractivity contribution in [3.8, 4) is 17.6 Å². The fourth-order valence-electron chi connectivity index (χ4n) is 2.62. The van der Waals surface area contributed by atoms with Gasteiger partial charge in [0.05, 0.1) is 25.4 Å². The lowest BCUT2D eigenvalue weighted by molar-refractivity contribution is -0.111. The number of hydrogen-bond acceptors (Lipinski definition) is 7. The van der Waals surface area contributed by atoms with Crippen molar-refractivity contribution in [3.05, 3.63) is 45.8 Å². The average molecular weight is 429 g/mol. The quantitative estimate of drug-likeness (QED) is 0.465. The van der Waals surface area contributed by atoms with Crippen LogP contribution in [0.15, 0.2) is 24.3 Å². The van der Waals surface area contributed by atoms with Crippen LogP contribution in [-0.2, 0) is 9.53 Å². The maximum atomic E-state index is 12.4. The van der Waals surface area contributed by atoms with E-state index in [0.29, 0.717) is 40.2 Å². The third-order valence-corrected chi connectivity index (χ3v) is 5.14. The minimum absolute atomic E-state index is 0.230. The summed E-state index contributed by atoms with van der Waals surface area (Å²) in [6.45, 7) is 8.38. The highest BCUT2D eigenvalue weighted by atomic mass is 32.1. The number of nitrogens with zero attached hydrogens (tertiary/aromatic N) is 1. The molecule has 7 nitrogen and oxygen atoms in total. The molecule has 0 aliphatic heterocycles. The van der Waals surface area contributed by atoms with Gasteiger partial charge in [0, 0.05) is 6.08 Å². The Labute approximate surface area is 179 Å². The molecule has 30 heavy (non-hydrogen) atoms. The Morgan fingerprint density at radius 1 is 1.13 bits per heavy atom. The maximum absolute atomic E-state index is 12.4. The number of carbonyl (C=O) groups is 2. The topological polar surface area (TPSA) is 97.7 Å². The zero-order chi connectivity index (χ0) is 22.1. The van der Waals surface area contributed by atoms with E-state index in [4.69, 9.17) is 14.2 Å². The third kappa shape index (κ3) is 5.61. The zero-order valence-electron chi connectivity index (χ0n) is 17.4. The number of ether oxygens (including phenoxy) is 3. The van der Waals surface area contributed by atoms with Gasteiger partial charge in [-0.05, 0) is 57.0 Å². The van der Waals surface area contributed by atoms with Crippen molar-refractivity contribution in [3.63, 3.8) is 0 Å². The predicted molar refractivity (Wildman–Crippen MR) is 116 cm³/mol. The molecule has 2 rings (SSSR count). The molecule has 8 heteroatoms. The van der Waals surface area contributed by atoms with Gasteiger partial charge in [0.2, 0.25) is 5.91 Å². The van der Waals surface area contributed by atoms with Crippen LogP contribution >= 0.6 is 11.3 Å². The summed E-state index contributed by atoms with van der Waals surface area (Å²) in [6.07, 6.45) is 2.98. The molecule has 2 aromatic rings.